The number of fused-ring (bicyclic) bond motifs is 7. The number of rotatable bonds is 9. The maximum atomic E-state index is 5.40. The van der Waals surface area contributed by atoms with Gasteiger partial charge in [0.05, 0.1) is 0 Å². The Morgan fingerprint density at radius 3 is 1.11 bits per heavy atom. The van der Waals surface area contributed by atoms with Gasteiger partial charge in [0.15, 0.2) is 0 Å². The summed E-state index contributed by atoms with van der Waals surface area (Å²) in [6, 6.07) is 66.3. The highest BCUT2D eigenvalue weighted by atomic mass is 16.6. The van der Waals surface area contributed by atoms with E-state index in [0.29, 0.717) is 0 Å². The van der Waals surface area contributed by atoms with Crippen LogP contribution in [0.1, 0.15) is 72.2 Å². The first-order valence-electron chi connectivity index (χ1n) is 25.0. The highest BCUT2D eigenvalue weighted by Crippen LogP contribution is 2.53. The number of pyridine rings is 2. The van der Waals surface area contributed by atoms with Crippen LogP contribution in [-0.4, -0.2) is 20.3 Å². The number of aromatic nitrogens is 4. The summed E-state index contributed by atoms with van der Waals surface area (Å²) in [7, 11) is 0. The minimum atomic E-state index is -0.296. The molecule has 0 saturated carbocycles. The van der Waals surface area contributed by atoms with Crippen molar-refractivity contribution in [1.29, 1.82) is 0 Å². The molecule has 11 aromatic rings. The van der Waals surface area contributed by atoms with Gasteiger partial charge in [0.1, 0.15) is 11.0 Å². The van der Waals surface area contributed by atoms with E-state index < -0.39 is 0 Å². The highest BCUT2D eigenvalue weighted by Gasteiger charge is 2.38. The van der Waals surface area contributed by atoms with Gasteiger partial charge in [0.2, 0.25) is 0 Å². The molecule has 0 N–H and O–H groups in total. The van der Waals surface area contributed by atoms with Crippen LogP contribution in [0.25, 0.3) is 113 Å². The fourth-order valence-corrected chi connectivity index (χ4v) is 11.5. The van der Waals surface area contributed by atoms with E-state index in [1.807, 2.05) is 43.0 Å². The van der Waals surface area contributed by atoms with Crippen molar-refractivity contribution < 1.29 is 4.63 Å². The van der Waals surface area contributed by atoms with Crippen molar-refractivity contribution >= 4 is 35.3 Å². The van der Waals surface area contributed by atoms with E-state index in [9.17, 15) is 0 Å². The molecular formula is C68H50N4O. The molecule has 3 heterocycles. The highest BCUT2D eigenvalue weighted by molar-refractivity contribution is 6.01. The lowest BCUT2D eigenvalue weighted by Crippen LogP contribution is -2.15. The molecule has 2 aliphatic rings. The van der Waals surface area contributed by atoms with Crippen molar-refractivity contribution in [1.82, 2.24) is 20.3 Å². The molecule has 0 bridgehead atoms. The summed E-state index contributed by atoms with van der Waals surface area (Å²) in [5.41, 5.74) is 27.1. The van der Waals surface area contributed by atoms with Gasteiger partial charge >= 0.3 is 0 Å². The molecule has 8 aromatic carbocycles. The first kappa shape index (κ1) is 43.9. The number of hydrogen-bond acceptors (Lipinski definition) is 5. The minimum absolute atomic E-state index is 0.204. The first-order valence-corrected chi connectivity index (χ1v) is 25.0. The van der Waals surface area contributed by atoms with Crippen LogP contribution in [0.15, 0.2) is 211 Å². The molecule has 0 atom stereocenters. The van der Waals surface area contributed by atoms with E-state index in [0.717, 1.165) is 72.2 Å². The molecule has 3 aromatic heterocycles. The summed E-state index contributed by atoms with van der Waals surface area (Å²) < 4.78 is 5.40. The molecule has 0 radical (unpaired) electrons. The van der Waals surface area contributed by atoms with Crippen molar-refractivity contribution in [3.8, 4) is 77.9 Å². The molecule has 0 aliphatic heterocycles. The molecule has 73 heavy (non-hydrogen) atoms. The standard InChI is InChI=1S/C68H50N4O/c1-67(2)61-39-47(45-11-7-5-8-12-45)19-23-55(61)57-25-21-51(41-63(57)67)59-37-49(18-16-44-31-35-70-36-32-44)60(38-48(59)17-15-43-29-33-69-34-30-43)52-22-26-58-56-24-20-50(40-62(56)68(3,4)64(58)42-52)54-28-27-53(46-13-9-6-10-14-46)65-66(54)72-73-71-65/h5-42H,1-4H3/b17-15+,18-16+. The van der Waals surface area contributed by atoms with Gasteiger partial charge in [-0.2, -0.15) is 0 Å². The van der Waals surface area contributed by atoms with Crippen molar-refractivity contribution in [3.05, 3.63) is 251 Å². The van der Waals surface area contributed by atoms with Gasteiger partial charge in [0, 0.05) is 46.7 Å². The van der Waals surface area contributed by atoms with E-state index >= 15 is 0 Å². The zero-order valence-corrected chi connectivity index (χ0v) is 41.1. The molecule has 0 spiro atoms. The van der Waals surface area contributed by atoms with Crippen LogP contribution in [0.2, 0.25) is 0 Å². The van der Waals surface area contributed by atoms with Gasteiger partial charge in [-0.05, 0) is 182 Å². The number of nitrogens with zero attached hydrogens (tertiary/aromatic N) is 4. The van der Waals surface area contributed by atoms with Gasteiger partial charge in [-0.3, -0.25) is 9.97 Å². The number of benzene rings is 8. The second-order valence-corrected chi connectivity index (χ2v) is 20.4. The topological polar surface area (TPSA) is 64.7 Å². The van der Waals surface area contributed by atoms with Gasteiger partial charge in [-0.25, -0.2) is 4.63 Å². The van der Waals surface area contributed by atoms with Gasteiger partial charge in [-0.1, -0.05) is 173 Å². The molecule has 5 heteroatoms. The van der Waals surface area contributed by atoms with Crippen LogP contribution >= 0.6 is 0 Å². The predicted molar refractivity (Wildman–Crippen MR) is 300 cm³/mol. The second-order valence-electron chi connectivity index (χ2n) is 20.4. The van der Waals surface area contributed by atoms with Gasteiger partial charge < -0.3 is 0 Å². The van der Waals surface area contributed by atoms with E-state index in [2.05, 4.69) is 236 Å². The molecule has 0 saturated heterocycles. The Bertz CT molecular complexity index is 4000. The van der Waals surface area contributed by atoms with Crippen molar-refractivity contribution in [2.24, 2.45) is 0 Å². The summed E-state index contributed by atoms with van der Waals surface area (Å²) in [6.45, 7) is 9.45. The maximum absolute atomic E-state index is 5.40. The van der Waals surface area contributed by atoms with E-state index in [-0.39, 0.29) is 10.8 Å². The third kappa shape index (κ3) is 7.55. The SMILES string of the molecule is CC1(C)c2cc(-c3ccccc3)ccc2-c2ccc(-c3cc(/C=C/c4ccncc4)c(-c4ccc5c(c4)C(C)(C)c4cc(-c6ccc(-c7ccccc7)c7nonc67)ccc4-5)cc3/C=C/c3ccncc3)cc21. The van der Waals surface area contributed by atoms with Gasteiger partial charge in [-0.15, -0.1) is 0 Å². The third-order valence-corrected chi connectivity index (χ3v) is 15.4. The molecule has 0 unspecified atom stereocenters. The van der Waals surface area contributed by atoms with E-state index in [1.54, 1.807) is 0 Å². The van der Waals surface area contributed by atoms with Crippen LogP contribution in [0.5, 0.6) is 0 Å². The largest absolute Gasteiger partial charge is 0.265 e. The minimum Gasteiger partial charge on any atom is -0.265 e. The van der Waals surface area contributed by atoms with Crippen LogP contribution in [-0.2, 0) is 10.8 Å². The van der Waals surface area contributed by atoms with Crippen LogP contribution in [0, 0.1) is 0 Å². The molecule has 5 nitrogen and oxygen atoms in total. The Labute approximate surface area is 425 Å². The normalized spacial score (nSPS) is 13.9. The average molecular weight is 939 g/mol. The molecular weight excluding hydrogens is 889 g/mol. The summed E-state index contributed by atoms with van der Waals surface area (Å²) in [4.78, 5) is 8.62. The lowest BCUT2D eigenvalue weighted by atomic mass is 9.79. The zero-order chi connectivity index (χ0) is 49.3. The first-order chi connectivity index (χ1) is 35.7. The third-order valence-electron chi connectivity index (χ3n) is 15.4. The lowest BCUT2D eigenvalue weighted by molar-refractivity contribution is 0.315. The molecule has 2 aliphatic carbocycles. The summed E-state index contributed by atoms with van der Waals surface area (Å²) in [5.74, 6) is 0. The van der Waals surface area contributed by atoms with Gasteiger partial charge in [0.25, 0.3) is 0 Å². The Morgan fingerprint density at radius 2 is 0.671 bits per heavy atom. The number of hydrogen-bond donors (Lipinski definition) is 0. The van der Waals surface area contributed by atoms with E-state index in [1.165, 1.54) is 61.2 Å². The summed E-state index contributed by atoms with van der Waals surface area (Å²) in [6.07, 6.45) is 16.3. The monoisotopic (exact) mass is 938 g/mol. The van der Waals surface area contributed by atoms with Crippen molar-refractivity contribution in [2.45, 2.75) is 38.5 Å². The second kappa shape index (κ2) is 17.4. The molecule has 348 valence electrons. The fraction of sp³-hybridized carbons (Fsp3) is 0.0882. The van der Waals surface area contributed by atoms with Crippen molar-refractivity contribution in [3.63, 3.8) is 0 Å². The summed E-state index contributed by atoms with van der Waals surface area (Å²) >= 11 is 0. The van der Waals surface area contributed by atoms with Crippen LogP contribution in [0.3, 0.4) is 0 Å². The smallest absolute Gasteiger partial charge is 0.143 e. The molecule has 0 fully saturated rings. The Morgan fingerprint density at radius 1 is 0.315 bits per heavy atom. The Balaban J connectivity index is 0.931. The fourth-order valence-electron chi connectivity index (χ4n) is 11.5. The van der Waals surface area contributed by atoms with Crippen LogP contribution < -0.4 is 0 Å². The Hall–Kier alpha value is -9.06. The molecule has 13 rings (SSSR count). The van der Waals surface area contributed by atoms with Crippen LogP contribution in [0.4, 0.5) is 0 Å². The predicted octanol–water partition coefficient (Wildman–Crippen LogP) is 17.3. The maximum Gasteiger partial charge on any atom is 0.143 e. The van der Waals surface area contributed by atoms with Crippen molar-refractivity contribution in [2.75, 3.05) is 0 Å². The summed E-state index contributed by atoms with van der Waals surface area (Å²) in [5, 5.41) is 8.83. The lowest BCUT2D eigenvalue weighted by Gasteiger charge is -2.24. The molecule has 0 amide bonds. The Kier molecular flexibility index (Phi) is 10.4. The quantitative estimate of drug-likeness (QED) is 0.144. The van der Waals surface area contributed by atoms with E-state index in [4.69, 9.17) is 4.63 Å². The average Bonchev–Trinajstić information content (AvgIpc) is 4.09. The zero-order valence-electron chi connectivity index (χ0n) is 41.1.